The van der Waals surface area contributed by atoms with Crippen LogP contribution >= 0.6 is 11.3 Å². The molecule has 1 aromatic heterocycles. The van der Waals surface area contributed by atoms with Crippen LogP contribution in [0.15, 0.2) is 66.0 Å². The highest BCUT2D eigenvalue weighted by Crippen LogP contribution is 2.33. The van der Waals surface area contributed by atoms with Crippen LogP contribution in [0.25, 0.3) is 0 Å². The van der Waals surface area contributed by atoms with Gasteiger partial charge in [-0.15, -0.1) is 11.3 Å². The van der Waals surface area contributed by atoms with E-state index in [1.807, 2.05) is 66.0 Å². The Bertz CT molecular complexity index is 1210. The lowest BCUT2D eigenvalue weighted by molar-refractivity contribution is -0.135. The van der Waals surface area contributed by atoms with E-state index in [1.54, 1.807) is 18.3 Å². The molecule has 0 bridgehead atoms. The van der Waals surface area contributed by atoms with Crippen LogP contribution in [0.1, 0.15) is 46.5 Å². The maximum Gasteiger partial charge on any atom is 0.325 e. The monoisotopic (exact) mass is 459 g/mol. The zero-order valence-electron chi connectivity index (χ0n) is 18.3. The van der Waals surface area contributed by atoms with Crippen LogP contribution in [-0.4, -0.2) is 29.3 Å². The van der Waals surface area contributed by atoms with Crippen LogP contribution in [0.4, 0.5) is 4.79 Å². The zero-order valence-corrected chi connectivity index (χ0v) is 19.2. The molecule has 2 heterocycles. The fourth-order valence-electron chi connectivity index (χ4n) is 4.69. The highest BCUT2D eigenvalue weighted by Gasteiger charge is 2.49. The van der Waals surface area contributed by atoms with E-state index in [9.17, 15) is 14.4 Å². The topological polar surface area (TPSA) is 78.5 Å². The number of thiophene rings is 1. The molecule has 1 saturated heterocycles. The number of carbonyl (C=O) groups excluding carboxylic acids is 3. The third-order valence-corrected chi connectivity index (χ3v) is 7.46. The second kappa shape index (κ2) is 8.48. The van der Waals surface area contributed by atoms with Gasteiger partial charge in [0.25, 0.3) is 5.91 Å². The van der Waals surface area contributed by atoms with E-state index in [0.29, 0.717) is 0 Å². The molecule has 3 aromatic rings. The molecule has 6 nitrogen and oxygen atoms in total. The van der Waals surface area contributed by atoms with Gasteiger partial charge in [-0.1, -0.05) is 54.6 Å². The Morgan fingerprint density at radius 3 is 2.64 bits per heavy atom. The first-order chi connectivity index (χ1) is 16.0. The number of imide groups is 1. The van der Waals surface area contributed by atoms with Crippen LogP contribution < -0.4 is 10.6 Å². The summed E-state index contributed by atoms with van der Waals surface area (Å²) in [4.78, 5) is 41.0. The van der Waals surface area contributed by atoms with Crippen LogP contribution in [0.3, 0.4) is 0 Å². The van der Waals surface area contributed by atoms with Gasteiger partial charge >= 0.3 is 6.03 Å². The van der Waals surface area contributed by atoms with Crippen molar-refractivity contribution in [3.8, 4) is 0 Å². The molecule has 2 aliphatic rings. The second-order valence-electron chi connectivity index (χ2n) is 8.71. The molecule has 33 heavy (non-hydrogen) atoms. The Hall–Kier alpha value is -3.45. The summed E-state index contributed by atoms with van der Waals surface area (Å²) in [5.41, 5.74) is 3.05. The Balaban J connectivity index is 1.34. The van der Waals surface area contributed by atoms with Crippen LogP contribution in [-0.2, 0) is 28.0 Å². The number of benzene rings is 2. The number of fused-ring (bicyclic) bond motifs is 1. The predicted molar refractivity (Wildman–Crippen MR) is 127 cm³/mol. The summed E-state index contributed by atoms with van der Waals surface area (Å²) in [5.74, 6) is -0.799. The predicted octanol–water partition coefficient (Wildman–Crippen LogP) is 3.91. The first kappa shape index (κ1) is 21.4. The van der Waals surface area contributed by atoms with Gasteiger partial charge in [0.15, 0.2) is 0 Å². The molecule has 4 amide bonds. The summed E-state index contributed by atoms with van der Waals surface area (Å²) < 4.78 is 0. The Labute approximate surface area is 196 Å². The van der Waals surface area contributed by atoms with Crippen molar-refractivity contribution in [2.45, 2.75) is 37.8 Å². The van der Waals surface area contributed by atoms with E-state index >= 15 is 0 Å². The number of carbonyl (C=O) groups is 3. The number of nitrogens with one attached hydrogen (secondary N) is 2. The molecular weight excluding hydrogens is 434 g/mol. The average molecular weight is 460 g/mol. The summed E-state index contributed by atoms with van der Waals surface area (Å²) >= 11 is 1.54. The van der Waals surface area contributed by atoms with Gasteiger partial charge in [-0.2, -0.15) is 0 Å². The Morgan fingerprint density at radius 2 is 1.88 bits per heavy atom. The summed E-state index contributed by atoms with van der Waals surface area (Å²) in [6.45, 7) is 1.38. The number of aryl methyl sites for hydroxylation is 2. The molecule has 2 aromatic carbocycles. The lowest BCUT2D eigenvalue weighted by Crippen LogP contribution is -2.44. The van der Waals surface area contributed by atoms with Gasteiger partial charge in [0.1, 0.15) is 12.1 Å². The highest BCUT2D eigenvalue weighted by atomic mass is 32.1. The van der Waals surface area contributed by atoms with Crippen molar-refractivity contribution in [3.05, 3.63) is 93.2 Å². The third kappa shape index (κ3) is 3.93. The molecule has 168 valence electrons. The minimum absolute atomic E-state index is 0.333. The SMILES string of the molecule is CC1(c2ccc3c(c2)CCC3)NC(=O)N(CC(=O)NC(c2ccccc2)c2cccs2)C1=O. The third-order valence-electron chi connectivity index (χ3n) is 6.52. The highest BCUT2D eigenvalue weighted by molar-refractivity contribution is 7.10. The largest absolute Gasteiger partial charge is 0.343 e. The molecule has 0 saturated carbocycles. The van der Waals surface area contributed by atoms with Gasteiger partial charge in [0, 0.05) is 4.88 Å². The van der Waals surface area contributed by atoms with Gasteiger partial charge < -0.3 is 10.6 Å². The minimum Gasteiger partial charge on any atom is -0.343 e. The van der Waals surface area contributed by atoms with E-state index in [0.717, 1.165) is 40.2 Å². The van der Waals surface area contributed by atoms with Crippen molar-refractivity contribution in [2.75, 3.05) is 6.54 Å². The maximum atomic E-state index is 13.3. The Morgan fingerprint density at radius 1 is 1.09 bits per heavy atom. The molecule has 0 spiro atoms. The van der Waals surface area contributed by atoms with E-state index in [2.05, 4.69) is 10.6 Å². The standard InChI is InChI=1S/C26H25N3O3S/c1-26(20-13-12-17-9-5-10-19(17)15-20)24(31)29(25(32)28-26)16-22(30)27-23(21-11-6-14-33-21)18-7-3-2-4-8-18/h2-4,6-8,11-15,23H,5,9-10,16H2,1H3,(H,27,30)(H,28,32). The van der Waals surface area contributed by atoms with Gasteiger partial charge in [-0.25, -0.2) is 4.79 Å². The van der Waals surface area contributed by atoms with E-state index in [-0.39, 0.29) is 18.5 Å². The summed E-state index contributed by atoms with van der Waals surface area (Å²) in [5, 5.41) is 7.77. The minimum atomic E-state index is -1.18. The quantitative estimate of drug-likeness (QED) is 0.549. The number of urea groups is 1. The number of hydrogen-bond acceptors (Lipinski definition) is 4. The van der Waals surface area contributed by atoms with Crippen molar-refractivity contribution in [1.82, 2.24) is 15.5 Å². The first-order valence-electron chi connectivity index (χ1n) is 11.1. The molecule has 2 unspecified atom stereocenters. The van der Waals surface area contributed by atoms with Crippen molar-refractivity contribution < 1.29 is 14.4 Å². The number of rotatable bonds is 6. The number of amides is 4. The Kier molecular flexibility index (Phi) is 5.50. The number of hydrogen-bond donors (Lipinski definition) is 2. The average Bonchev–Trinajstić information content (AvgIpc) is 3.56. The fraction of sp³-hybridized carbons (Fsp3) is 0.269. The lowest BCUT2D eigenvalue weighted by atomic mass is 9.89. The van der Waals surface area contributed by atoms with Crippen molar-refractivity contribution >= 4 is 29.2 Å². The van der Waals surface area contributed by atoms with Gasteiger partial charge in [0.2, 0.25) is 5.91 Å². The lowest BCUT2D eigenvalue weighted by Gasteiger charge is -2.23. The summed E-state index contributed by atoms with van der Waals surface area (Å²) in [7, 11) is 0. The molecule has 1 aliphatic carbocycles. The van der Waals surface area contributed by atoms with Crippen molar-refractivity contribution in [3.63, 3.8) is 0 Å². The van der Waals surface area contributed by atoms with Crippen LogP contribution in [0.5, 0.6) is 0 Å². The first-order valence-corrected chi connectivity index (χ1v) is 12.0. The number of nitrogens with zero attached hydrogens (tertiary/aromatic N) is 1. The summed E-state index contributed by atoms with van der Waals surface area (Å²) in [6.07, 6.45) is 3.14. The molecular formula is C26H25N3O3S. The zero-order chi connectivity index (χ0) is 23.0. The van der Waals surface area contributed by atoms with E-state index in [4.69, 9.17) is 0 Å². The van der Waals surface area contributed by atoms with Gasteiger partial charge in [0.05, 0.1) is 6.04 Å². The maximum absolute atomic E-state index is 13.3. The second-order valence-corrected chi connectivity index (χ2v) is 9.69. The van der Waals surface area contributed by atoms with Gasteiger partial charge in [-0.3, -0.25) is 14.5 Å². The fourth-order valence-corrected chi connectivity index (χ4v) is 5.49. The normalized spacial score (nSPS) is 20.5. The van der Waals surface area contributed by atoms with Crippen LogP contribution in [0.2, 0.25) is 0 Å². The molecule has 2 atom stereocenters. The van der Waals surface area contributed by atoms with E-state index in [1.165, 1.54) is 11.1 Å². The molecule has 0 radical (unpaired) electrons. The molecule has 2 N–H and O–H groups in total. The smallest absolute Gasteiger partial charge is 0.325 e. The van der Waals surface area contributed by atoms with Crippen LogP contribution in [0, 0.1) is 0 Å². The molecule has 1 aliphatic heterocycles. The van der Waals surface area contributed by atoms with Crippen molar-refractivity contribution in [2.24, 2.45) is 0 Å². The summed E-state index contributed by atoms with van der Waals surface area (Å²) in [6, 6.07) is 18.6. The van der Waals surface area contributed by atoms with Crippen molar-refractivity contribution in [1.29, 1.82) is 0 Å². The van der Waals surface area contributed by atoms with Gasteiger partial charge in [-0.05, 0) is 59.9 Å². The molecule has 7 heteroatoms. The molecule has 1 fully saturated rings. The molecule has 5 rings (SSSR count). The van der Waals surface area contributed by atoms with E-state index < -0.39 is 17.5 Å².